The molecule has 2 aromatic heterocycles. The number of aromatic nitrogens is 4. The van der Waals surface area contributed by atoms with Crippen molar-refractivity contribution in [2.75, 3.05) is 0 Å². The smallest absolute Gasteiger partial charge is 0.191 e. The average Bonchev–Trinajstić information content (AvgIpc) is 3.33. The minimum atomic E-state index is 0.390. The first-order valence-corrected chi connectivity index (χ1v) is 11.2. The molecule has 0 atom stereocenters. The summed E-state index contributed by atoms with van der Waals surface area (Å²) in [4.78, 5) is 4.77. The Kier molecular flexibility index (Phi) is 5.97. The van der Waals surface area contributed by atoms with E-state index in [4.69, 9.17) is 9.72 Å². The monoisotopic (exact) mass is 422 g/mol. The van der Waals surface area contributed by atoms with E-state index in [2.05, 4.69) is 53.7 Å². The normalized spacial score (nSPS) is 11.0. The van der Waals surface area contributed by atoms with Crippen LogP contribution in [0.1, 0.15) is 22.6 Å². The predicted molar refractivity (Wildman–Crippen MR) is 118 cm³/mol. The molecule has 4 aromatic rings. The molecule has 0 fully saturated rings. The first-order valence-electron chi connectivity index (χ1n) is 9.30. The molecule has 0 aliphatic rings. The zero-order chi connectivity index (χ0) is 20.2. The van der Waals surface area contributed by atoms with Crippen LogP contribution in [-0.4, -0.2) is 19.7 Å². The second-order valence-corrected chi connectivity index (χ2v) is 8.66. The van der Waals surface area contributed by atoms with Gasteiger partial charge in [0, 0.05) is 23.7 Å². The molecule has 0 N–H and O–H groups in total. The van der Waals surface area contributed by atoms with E-state index in [1.165, 1.54) is 16.7 Å². The summed E-state index contributed by atoms with van der Waals surface area (Å²) < 4.78 is 7.80. The van der Waals surface area contributed by atoms with Crippen LogP contribution in [0, 0.1) is 13.8 Å². The number of nitrogens with zero attached hydrogens (tertiary/aromatic N) is 4. The summed E-state index contributed by atoms with van der Waals surface area (Å²) in [5, 5.41) is 12.6. The molecule has 0 bridgehead atoms. The van der Waals surface area contributed by atoms with Crippen molar-refractivity contribution in [3.8, 4) is 16.3 Å². The molecule has 4 rings (SSSR count). The number of thiazole rings is 1. The quantitative estimate of drug-likeness (QED) is 0.372. The molecule has 148 valence electrons. The molecule has 0 saturated heterocycles. The Labute approximate surface area is 178 Å². The van der Waals surface area contributed by atoms with E-state index in [0.29, 0.717) is 6.61 Å². The summed E-state index contributed by atoms with van der Waals surface area (Å²) in [5.74, 6) is 2.39. The molecule has 7 heteroatoms. The fraction of sp³-hybridized carbons (Fsp3) is 0.227. The molecule has 0 amide bonds. The van der Waals surface area contributed by atoms with Gasteiger partial charge in [0.05, 0.1) is 5.69 Å². The minimum Gasteiger partial charge on any atom is -0.486 e. The van der Waals surface area contributed by atoms with Crippen molar-refractivity contribution in [2.24, 2.45) is 7.05 Å². The third-order valence-electron chi connectivity index (χ3n) is 4.48. The van der Waals surface area contributed by atoms with Crippen molar-refractivity contribution in [1.29, 1.82) is 0 Å². The predicted octanol–water partition coefficient (Wildman–Crippen LogP) is 5.43. The van der Waals surface area contributed by atoms with E-state index in [1.54, 1.807) is 23.1 Å². The Hall–Kier alpha value is -2.64. The largest absolute Gasteiger partial charge is 0.486 e. The third kappa shape index (κ3) is 4.86. The second kappa shape index (κ2) is 8.80. The van der Waals surface area contributed by atoms with Crippen molar-refractivity contribution in [2.45, 2.75) is 31.4 Å². The van der Waals surface area contributed by atoms with Gasteiger partial charge in [0.2, 0.25) is 0 Å². The summed E-state index contributed by atoms with van der Waals surface area (Å²) in [7, 11) is 1.97. The lowest BCUT2D eigenvalue weighted by Crippen LogP contribution is -2.04. The Balaban J connectivity index is 1.36. The van der Waals surface area contributed by atoms with E-state index in [0.717, 1.165) is 33.2 Å². The van der Waals surface area contributed by atoms with Gasteiger partial charge < -0.3 is 9.30 Å². The molecule has 2 aromatic carbocycles. The SMILES string of the molecule is Cc1ccc(OCc2nnc(SCc3csc(-c4cccc(C)c4)n3)n2C)cc1. The lowest BCUT2D eigenvalue weighted by molar-refractivity contribution is 0.290. The maximum atomic E-state index is 5.82. The number of hydrogen-bond acceptors (Lipinski definition) is 6. The first kappa shape index (κ1) is 19.7. The van der Waals surface area contributed by atoms with Crippen LogP contribution in [0.4, 0.5) is 0 Å². The molecular formula is C22H22N4OS2. The molecule has 0 aliphatic carbocycles. The van der Waals surface area contributed by atoms with Crippen LogP contribution in [0.2, 0.25) is 0 Å². The van der Waals surface area contributed by atoms with Crippen LogP contribution < -0.4 is 4.74 Å². The zero-order valence-corrected chi connectivity index (χ0v) is 18.3. The third-order valence-corrected chi connectivity index (χ3v) is 6.47. The highest BCUT2D eigenvalue weighted by molar-refractivity contribution is 7.98. The van der Waals surface area contributed by atoms with Gasteiger partial charge in [-0.1, -0.05) is 53.2 Å². The Morgan fingerprint density at radius 1 is 1.03 bits per heavy atom. The number of rotatable bonds is 7. The van der Waals surface area contributed by atoms with Gasteiger partial charge in [-0.15, -0.1) is 21.5 Å². The summed E-state index contributed by atoms with van der Waals surface area (Å²) in [6.07, 6.45) is 0. The Morgan fingerprint density at radius 3 is 2.66 bits per heavy atom. The zero-order valence-electron chi connectivity index (χ0n) is 16.6. The fourth-order valence-corrected chi connectivity index (χ4v) is 4.55. The standard InChI is InChI=1S/C22H22N4OS2/c1-15-7-9-19(10-8-15)27-12-20-24-25-22(26(20)3)29-14-18-13-28-21(23-18)17-6-4-5-16(2)11-17/h4-11,13H,12,14H2,1-3H3. The molecule has 0 saturated carbocycles. The molecular weight excluding hydrogens is 400 g/mol. The number of ether oxygens (including phenoxy) is 1. The highest BCUT2D eigenvalue weighted by atomic mass is 32.2. The van der Waals surface area contributed by atoms with Gasteiger partial charge in [-0.05, 0) is 32.0 Å². The summed E-state index contributed by atoms with van der Waals surface area (Å²) in [6, 6.07) is 16.4. The fourth-order valence-electron chi connectivity index (χ4n) is 2.80. The van der Waals surface area contributed by atoms with Crippen LogP contribution in [-0.2, 0) is 19.4 Å². The average molecular weight is 423 g/mol. The van der Waals surface area contributed by atoms with Gasteiger partial charge in [0.25, 0.3) is 0 Å². The first-order chi connectivity index (χ1) is 14.1. The van der Waals surface area contributed by atoms with Crippen molar-refractivity contribution in [3.05, 3.63) is 76.6 Å². The van der Waals surface area contributed by atoms with Crippen molar-refractivity contribution < 1.29 is 4.74 Å². The molecule has 0 aliphatic heterocycles. The topological polar surface area (TPSA) is 52.8 Å². The van der Waals surface area contributed by atoms with Crippen molar-refractivity contribution in [1.82, 2.24) is 19.7 Å². The van der Waals surface area contributed by atoms with Gasteiger partial charge in [0.15, 0.2) is 11.0 Å². The molecule has 2 heterocycles. The van der Waals surface area contributed by atoms with E-state index < -0.39 is 0 Å². The van der Waals surface area contributed by atoms with Crippen LogP contribution in [0.25, 0.3) is 10.6 Å². The van der Waals surface area contributed by atoms with Gasteiger partial charge >= 0.3 is 0 Å². The highest BCUT2D eigenvalue weighted by Crippen LogP contribution is 2.28. The van der Waals surface area contributed by atoms with E-state index in [1.807, 2.05) is 35.9 Å². The van der Waals surface area contributed by atoms with Gasteiger partial charge in [0.1, 0.15) is 17.4 Å². The van der Waals surface area contributed by atoms with E-state index in [9.17, 15) is 0 Å². The van der Waals surface area contributed by atoms with Gasteiger partial charge in [-0.25, -0.2) is 4.98 Å². The lowest BCUT2D eigenvalue weighted by Gasteiger charge is -2.06. The van der Waals surface area contributed by atoms with Crippen LogP contribution >= 0.6 is 23.1 Å². The van der Waals surface area contributed by atoms with E-state index in [-0.39, 0.29) is 0 Å². The number of benzene rings is 2. The summed E-state index contributed by atoms with van der Waals surface area (Å²) in [6.45, 7) is 4.55. The van der Waals surface area contributed by atoms with Crippen molar-refractivity contribution >= 4 is 23.1 Å². The maximum Gasteiger partial charge on any atom is 0.191 e. The van der Waals surface area contributed by atoms with Crippen molar-refractivity contribution in [3.63, 3.8) is 0 Å². The van der Waals surface area contributed by atoms with E-state index >= 15 is 0 Å². The van der Waals surface area contributed by atoms with Crippen LogP contribution in [0.3, 0.4) is 0 Å². The number of aryl methyl sites for hydroxylation is 2. The second-order valence-electron chi connectivity index (χ2n) is 6.86. The molecule has 5 nitrogen and oxygen atoms in total. The maximum absolute atomic E-state index is 5.82. The number of thioether (sulfide) groups is 1. The lowest BCUT2D eigenvalue weighted by atomic mass is 10.1. The van der Waals surface area contributed by atoms with Crippen LogP contribution in [0.5, 0.6) is 5.75 Å². The molecule has 29 heavy (non-hydrogen) atoms. The van der Waals surface area contributed by atoms with Gasteiger partial charge in [-0.2, -0.15) is 0 Å². The number of hydrogen-bond donors (Lipinski definition) is 0. The minimum absolute atomic E-state index is 0.390. The Morgan fingerprint density at radius 2 is 1.86 bits per heavy atom. The molecule has 0 unspecified atom stereocenters. The summed E-state index contributed by atoms with van der Waals surface area (Å²) >= 11 is 3.31. The van der Waals surface area contributed by atoms with Gasteiger partial charge in [-0.3, -0.25) is 0 Å². The highest BCUT2D eigenvalue weighted by Gasteiger charge is 2.12. The summed E-state index contributed by atoms with van der Waals surface area (Å²) in [5.41, 5.74) is 4.67. The molecule has 0 spiro atoms. The molecule has 0 radical (unpaired) electrons. The Bertz CT molecular complexity index is 1100. The van der Waals surface area contributed by atoms with Crippen LogP contribution in [0.15, 0.2) is 59.1 Å².